The highest BCUT2D eigenvalue weighted by atomic mass is 19.3. The highest BCUT2D eigenvalue weighted by molar-refractivity contribution is 4.85. The van der Waals surface area contributed by atoms with E-state index < -0.39 is 24.6 Å². The average molecular weight is 195 g/mol. The van der Waals surface area contributed by atoms with E-state index in [0.717, 1.165) is 19.3 Å². The van der Waals surface area contributed by atoms with Crippen LogP contribution in [0.4, 0.5) is 13.2 Å². The van der Waals surface area contributed by atoms with Crippen molar-refractivity contribution in [2.75, 3.05) is 6.54 Å². The first-order chi connectivity index (χ1) is 6.08. The van der Waals surface area contributed by atoms with Crippen LogP contribution in [0.3, 0.4) is 0 Å². The number of nitrogens with two attached hydrogens (primary N) is 1. The van der Waals surface area contributed by atoms with Crippen LogP contribution in [0.25, 0.3) is 0 Å². The molecule has 1 rings (SSSR count). The fourth-order valence-corrected chi connectivity index (χ4v) is 1.88. The lowest BCUT2D eigenvalue weighted by Crippen LogP contribution is -2.42. The first-order valence-corrected chi connectivity index (χ1v) is 4.80. The second kappa shape index (κ2) is 4.31. The zero-order valence-corrected chi connectivity index (χ0v) is 7.61. The average Bonchev–Trinajstić information content (AvgIpc) is 2.18. The first kappa shape index (κ1) is 10.8. The fourth-order valence-electron chi connectivity index (χ4n) is 1.88. The van der Waals surface area contributed by atoms with E-state index in [2.05, 4.69) is 0 Å². The number of hydrogen-bond donors (Lipinski definition) is 1. The van der Waals surface area contributed by atoms with Crippen molar-refractivity contribution in [1.82, 2.24) is 0 Å². The molecule has 1 nitrogen and oxygen atoms in total. The topological polar surface area (TPSA) is 26.0 Å². The summed E-state index contributed by atoms with van der Waals surface area (Å²) in [6.45, 7) is -0.884. The van der Waals surface area contributed by atoms with Crippen LogP contribution in [-0.4, -0.2) is 18.6 Å². The molecule has 4 heteroatoms. The second-order valence-electron chi connectivity index (χ2n) is 3.77. The van der Waals surface area contributed by atoms with Crippen LogP contribution < -0.4 is 5.73 Å². The van der Waals surface area contributed by atoms with E-state index in [-0.39, 0.29) is 0 Å². The summed E-state index contributed by atoms with van der Waals surface area (Å²) in [7, 11) is 0. The van der Waals surface area contributed by atoms with Gasteiger partial charge in [-0.2, -0.15) is 0 Å². The Hall–Kier alpha value is -0.250. The molecule has 1 aliphatic carbocycles. The van der Waals surface area contributed by atoms with Crippen LogP contribution >= 0.6 is 0 Å². The zero-order chi connectivity index (χ0) is 9.90. The van der Waals surface area contributed by atoms with E-state index in [1.54, 1.807) is 0 Å². The van der Waals surface area contributed by atoms with Gasteiger partial charge in [-0.05, 0) is 18.8 Å². The summed E-state index contributed by atoms with van der Waals surface area (Å²) < 4.78 is 38.9. The Morgan fingerprint density at radius 1 is 1.23 bits per heavy atom. The van der Waals surface area contributed by atoms with Gasteiger partial charge >= 0.3 is 0 Å². The fraction of sp³-hybridized carbons (Fsp3) is 1.00. The van der Waals surface area contributed by atoms with E-state index in [9.17, 15) is 13.2 Å². The molecular formula is C9H16F3N. The van der Waals surface area contributed by atoms with Crippen molar-refractivity contribution in [2.24, 2.45) is 11.7 Å². The highest BCUT2D eigenvalue weighted by Gasteiger charge is 2.43. The minimum Gasteiger partial charge on any atom is -0.325 e. The molecule has 13 heavy (non-hydrogen) atoms. The van der Waals surface area contributed by atoms with Gasteiger partial charge in [0.15, 0.2) is 6.17 Å². The van der Waals surface area contributed by atoms with Gasteiger partial charge in [0.1, 0.15) is 0 Å². The van der Waals surface area contributed by atoms with Crippen molar-refractivity contribution in [1.29, 1.82) is 0 Å². The van der Waals surface area contributed by atoms with Crippen LogP contribution in [-0.2, 0) is 0 Å². The lowest BCUT2D eigenvalue weighted by molar-refractivity contribution is -0.0910. The Morgan fingerprint density at radius 3 is 2.23 bits per heavy atom. The number of rotatable bonds is 3. The van der Waals surface area contributed by atoms with Gasteiger partial charge in [-0.1, -0.05) is 19.3 Å². The standard InChI is InChI=1S/C9H16F3N/c10-8(9(11,12)6-13)7-4-2-1-3-5-7/h7-8H,1-6,13H2. The van der Waals surface area contributed by atoms with Crippen LogP contribution in [0.1, 0.15) is 32.1 Å². The molecule has 1 unspecified atom stereocenters. The predicted molar refractivity (Wildman–Crippen MR) is 45.5 cm³/mol. The molecule has 0 aromatic carbocycles. The van der Waals surface area contributed by atoms with E-state index in [1.807, 2.05) is 0 Å². The van der Waals surface area contributed by atoms with Gasteiger partial charge in [-0.25, -0.2) is 13.2 Å². The minimum absolute atomic E-state index is 0.479. The van der Waals surface area contributed by atoms with Gasteiger partial charge in [0.2, 0.25) is 0 Å². The molecule has 0 saturated heterocycles. The lowest BCUT2D eigenvalue weighted by Gasteiger charge is -2.29. The van der Waals surface area contributed by atoms with Crippen LogP contribution in [0, 0.1) is 5.92 Å². The molecule has 0 aromatic heterocycles. The molecule has 78 valence electrons. The molecule has 1 fully saturated rings. The SMILES string of the molecule is NCC(F)(F)C(F)C1CCCCC1. The quantitative estimate of drug-likeness (QED) is 0.735. The summed E-state index contributed by atoms with van der Waals surface area (Å²) in [6, 6.07) is 0. The third kappa shape index (κ3) is 2.59. The first-order valence-electron chi connectivity index (χ1n) is 4.80. The molecular weight excluding hydrogens is 179 g/mol. The number of halogens is 3. The predicted octanol–water partition coefficient (Wildman–Crippen LogP) is 2.50. The van der Waals surface area contributed by atoms with Crippen LogP contribution in [0.2, 0.25) is 0 Å². The Kier molecular flexibility index (Phi) is 3.59. The Morgan fingerprint density at radius 2 is 1.77 bits per heavy atom. The molecule has 2 N–H and O–H groups in total. The maximum atomic E-state index is 13.2. The summed E-state index contributed by atoms with van der Waals surface area (Å²) in [5.41, 5.74) is 4.82. The van der Waals surface area contributed by atoms with Gasteiger partial charge in [-0.3, -0.25) is 0 Å². The van der Waals surface area contributed by atoms with Gasteiger partial charge in [0, 0.05) is 0 Å². The second-order valence-corrected chi connectivity index (χ2v) is 3.77. The Bertz CT molecular complexity index is 155. The third-order valence-corrected chi connectivity index (χ3v) is 2.74. The van der Waals surface area contributed by atoms with Crippen molar-refractivity contribution in [2.45, 2.75) is 44.2 Å². The van der Waals surface area contributed by atoms with Gasteiger partial charge < -0.3 is 5.73 Å². The molecule has 0 spiro atoms. The van der Waals surface area contributed by atoms with E-state index in [0.29, 0.717) is 12.8 Å². The Labute approximate surface area is 76.5 Å². The van der Waals surface area contributed by atoms with Crippen molar-refractivity contribution in [3.05, 3.63) is 0 Å². The number of hydrogen-bond acceptors (Lipinski definition) is 1. The third-order valence-electron chi connectivity index (χ3n) is 2.74. The van der Waals surface area contributed by atoms with Crippen molar-refractivity contribution < 1.29 is 13.2 Å². The van der Waals surface area contributed by atoms with Crippen LogP contribution in [0.15, 0.2) is 0 Å². The summed E-state index contributed by atoms with van der Waals surface area (Å²) >= 11 is 0. The summed E-state index contributed by atoms with van der Waals surface area (Å²) in [5.74, 6) is -3.81. The molecule has 1 atom stereocenters. The molecule has 0 aliphatic heterocycles. The molecule has 0 aromatic rings. The smallest absolute Gasteiger partial charge is 0.290 e. The lowest BCUT2D eigenvalue weighted by atomic mass is 9.84. The van der Waals surface area contributed by atoms with Crippen molar-refractivity contribution in [3.63, 3.8) is 0 Å². The van der Waals surface area contributed by atoms with E-state index in [4.69, 9.17) is 5.73 Å². The summed E-state index contributed by atoms with van der Waals surface area (Å²) in [5, 5.41) is 0. The van der Waals surface area contributed by atoms with Crippen molar-refractivity contribution >= 4 is 0 Å². The molecule has 1 aliphatic rings. The largest absolute Gasteiger partial charge is 0.325 e. The van der Waals surface area contributed by atoms with Gasteiger partial charge in [0.25, 0.3) is 5.92 Å². The molecule has 0 amide bonds. The maximum absolute atomic E-state index is 13.2. The van der Waals surface area contributed by atoms with Crippen LogP contribution in [0.5, 0.6) is 0 Å². The maximum Gasteiger partial charge on any atom is 0.290 e. The zero-order valence-electron chi connectivity index (χ0n) is 7.61. The van der Waals surface area contributed by atoms with Gasteiger partial charge in [0.05, 0.1) is 6.54 Å². The van der Waals surface area contributed by atoms with Crippen molar-refractivity contribution in [3.8, 4) is 0 Å². The number of alkyl halides is 3. The summed E-state index contributed by atoms with van der Waals surface area (Å²) in [4.78, 5) is 0. The monoisotopic (exact) mass is 195 g/mol. The van der Waals surface area contributed by atoms with E-state index >= 15 is 0 Å². The normalized spacial score (nSPS) is 23.1. The van der Waals surface area contributed by atoms with E-state index in [1.165, 1.54) is 0 Å². The highest BCUT2D eigenvalue weighted by Crippen LogP contribution is 2.35. The summed E-state index contributed by atoms with van der Waals surface area (Å²) in [6.07, 6.45) is 1.89. The minimum atomic E-state index is -3.33. The molecule has 0 heterocycles. The molecule has 1 saturated carbocycles. The van der Waals surface area contributed by atoms with Gasteiger partial charge in [-0.15, -0.1) is 0 Å². The molecule has 0 radical (unpaired) electrons. The Balaban J connectivity index is 2.49. The molecule has 0 bridgehead atoms.